The summed E-state index contributed by atoms with van der Waals surface area (Å²) >= 11 is 0. The third-order valence-corrected chi connectivity index (χ3v) is 8.53. The summed E-state index contributed by atoms with van der Waals surface area (Å²) in [5.74, 6) is 0.712. The molecule has 1 atom stereocenters. The predicted molar refractivity (Wildman–Crippen MR) is 128 cm³/mol. The SMILES string of the molecule is CCC1(CC)CCC(c2cc(N3CCC[C@H](OC)C3)ccc2N2CCNCC2)CC1. The Balaban J connectivity index is 1.60. The second-order valence-electron chi connectivity index (χ2n) is 9.91. The molecule has 4 heteroatoms. The van der Waals surface area contributed by atoms with Crippen molar-refractivity contribution in [3.8, 4) is 0 Å². The van der Waals surface area contributed by atoms with Gasteiger partial charge in [0, 0.05) is 57.8 Å². The lowest BCUT2D eigenvalue weighted by Gasteiger charge is -2.41. The highest BCUT2D eigenvalue weighted by atomic mass is 16.5. The van der Waals surface area contributed by atoms with Crippen molar-refractivity contribution in [3.05, 3.63) is 23.8 Å². The maximum absolute atomic E-state index is 5.70. The van der Waals surface area contributed by atoms with Crippen molar-refractivity contribution < 1.29 is 4.74 Å². The number of anilines is 2. The third-order valence-electron chi connectivity index (χ3n) is 8.53. The smallest absolute Gasteiger partial charge is 0.0746 e. The zero-order valence-electron chi connectivity index (χ0n) is 19.6. The molecule has 1 aromatic carbocycles. The molecule has 0 unspecified atom stereocenters. The minimum atomic E-state index is 0.374. The molecule has 3 fully saturated rings. The summed E-state index contributed by atoms with van der Waals surface area (Å²) in [6, 6.07) is 7.38. The molecule has 2 aliphatic heterocycles. The summed E-state index contributed by atoms with van der Waals surface area (Å²) in [6.45, 7) is 11.4. The van der Waals surface area contributed by atoms with Crippen LogP contribution in [0.1, 0.15) is 76.7 Å². The van der Waals surface area contributed by atoms with E-state index < -0.39 is 0 Å². The third kappa shape index (κ3) is 4.65. The molecular formula is C26H43N3O. The lowest BCUT2D eigenvalue weighted by atomic mass is 9.66. The molecule has 4 rings (SSSR count). The van der Waals surface area contributed by atoms with Gasteiger partial charge in [-0.3, -0.25) is 0 Å². The largest absolute Gasteiger partial charge is 0.380 e. The van der Waals surface area contributed by atoms with Crippen molar-refractivity contribution >= 4 is 11.4 Å². The fraction of sp³-hybridized carbons (Fsp3) is 0.769. The van der Waals surface area contributed by atoms with E-state index >= 15 is 0 Å². The van der Waals surface area contributed by atoms with Gasteiger partial charge in [0.1, 0.15) is 0 Å². The molecule has 168 valence electrons. The van der Waals surface area contributed by atoms with Crippen molar-refractivity contribution in [2.45, 2.75) is 77.2 Å². The van der Waals surface area contributed by atoms with Crippen molar-refractivity contribution in [1.29, 1.82) is 0 Å². The van der Waals surface area contributed by atoms with Crippen LogP contribution in [0.2, 0.25) is 0 Å². The quantitative estimate of drug-likeness (QED) is 0.696. The van der Waals surface area contributed by atoms with E-state index in [4.69, 9.17) is 4.74 Å². The molecule has 0 amide bonds. The topological polar surface area (TPSA) is 27.7 Å². The van der Waals surface area contributed by atoms with Crippen LogP contribution in [-0.2, 0) is 4.74 Å². The first-order chi connectivity index (χ1) is 14.7. The number of hydrogen-bond donors (Lipinski definition) is 1. The van der Waals surface area contributed by atoms with Gasteiger partial charge >= 0.3 is 0 Å². The summed E-state index contributed by atoms with van der Waals surface area (Å²) in [5, 5.41) is 3.52. The van der Waals surface area contributed by atoms with Crippen LogP contribution in [0.15, 0.2) is 18.2 Å². The zero-order chi connectivity index (χ0) is 21.0. The van der Waals surface area contributed by atoms with Gasteiger partial charge in [0.2, 0.25) is 0 Å². The summed E-state index contributed by atoms with van der Waals surface area (Å²) in [6.07, 6.45) is 11.0. The zero-order valence-corrected chi connectivity index (χ0v) is 19.6. The number of ether oxygens (including phenoxy) is 1. The highest BCUT2D eigenvalue weighted by Crippen LogP contribution is 2.49. The lowest BCUT2D eigenvalue weighted by molar-refractivity contribution is 0.0893. The maximum atomic E-state index is 5.70. The van der Waals surface area contributed by atoms with Gasteiger partial charge < -0.3 is 19.9 Å². The minimum absolute atomic E-state index is 0.374. The molecule has 0 radical (unpaired) electrons. The molecule has 4 nitrogen and oxygen atoms in total. The van der Waals surface area contributed by atoms with E-state index in [1.165, 1.54) is 62.7 Å². The number of nitrogens with one attached hydrogen (secondary N) is 1. The standard InChI is InChI=1S/C26H43N3O/c1-4-26(5-2)12-10-21(11-13-26)24-19-22(29-16-6-7-23(20-29)30-3)8-9-25(24)28-17-14-27-15-18-28/h8-9,19,21,23,27H,4-7,10-18,20H2,1-3H3/t23-/m0/s1. The molecule has 30 heavy (non-hydrogen) atoms. The Labute approximate surface area is 184 Å². The first-order valence-electron chi connectivity index (χ1n) is 12.6. The maximum Gasteiger partial charge on any atom is 0.0746 e. The van der Waals surface area contributed by atoms with E-state index in [9.17, 15) is 0 Å². The Morgan fingerprint density at radius 3 is 2.40 bits per heavy atom. The summed E-state index contributed by atoms with van der Waals surface area (Å²) in [7, 11) is 1.86. The monoisotopic (exact) mass is 413 g/mol. The number of nitrogens with zero attached hydrogens (tertiary/aromatic N) is 2. The Kier molecular flexibility index (Phi) is 7.25. The van der Waals surface area contributed by atoms with Crippen LogP contribution in [0.3, 0.4) is 0 Å². The van der Waals surface area contributed by atoms with E-state index in [-0.39, 0.29) is 0 Å². The minimum Gasteiger partial charge on any atom is -0.380 e. The van der Waals surface area contributed by atoms with Crippen molar-refractivity contribution in [2.24, 2.45) is 5.41 Å². The van der Waals surface area contributed by atoms with Gasteiger partial charge in [-0.1, -0.05) is 26.7 Å². The van der Waals surface area contributed by atoms with Crippen LogP contribution in [0.4, 0.5) is 11.4 Å². The number of rotatable bonds is 6. The van der Waals surface area contributed by atoms with Crippen LogP contribution in [0, 0.1) is 5.41 Å². The molecule has 2 saturated heterocycles. The number of piperazine rings is 1. The molecule has 0 aromatic heterocycles. The average Bonchev–Trinajstić information content (AvgIpc) is 2.84. The second kappa shape index (κ2) is 9.91. The van der Waals surface area contributed by atoms with E-state index in [0.29, 0.717) is 17.4 Å². The van der Waals surface area contributed by atoms with Crippen molar-refractivity contribution in [3.63, 3.8) is 0 Å². The molecule has 1 aromatic rings. The van der Waals surface area contributed by atoms with Crippen LogP contribution in [-0.4, -0.2) is 52.5 Å². The first kappa shape index (κ1) is 22.0. The number of methoxy groups -OCH3 is 1. The van der Waals surface area contributed by atoms with E-state index in [1.54, 1.807) is 5.56 Å². The molecule has 1 saturated carbocycles. The first-order valence-corrected chi connectivity index (χ1v) is 12.6. The van der Waals surface area contributed by atoms with Gasteiger partial charge in [-0.25, -0.2) is 0 Å². The molecule has 2 heterocycles. The van der Waals surface area contributed by atoms with Gasteiger partial charge in [-0.2, -0.15) is 0 Å². The van der Waals surface area contributed by atoms with Crippen LogP contribution >= 0.6 is 0 Å². The Morgan fingerprint density at radius 1 is 1.00 bits per heavy atom. The Bertz CT molecular complexity index is 671. The number of piperidine rings is 1. The van der Waals surface area contributed by atoms with E-state index in [0.717, 1.165) is 39.3 Å². The van der Waals surface area contributed by atoms with Gasteiger partial charge in [-0.05, 0) is 73.6 Å². The Morgan fingerprint density at radius 2 is 1.73 bits per heavy atom. The fourth-order valence-corrected chi connectivity index (χ4v) is 6.12. The second-order valence-corrected chi connectivity index (χ2v) is 9.91. The van der Waals surface area contributed by atoms with Crippen molar-refractivity contribution in [2.75, 3.05) is 56.2 Å². The van der Waals surface area contributed by atoms with Crippen LogP contribution in [0.25, 0.3) is 0 Å². The number of hydrogen-bond acceptors (Lipinski definition) is 4. The van der Waals surface area contributed by atoms with Gasteiger partial charge in [0.25, 0.3) is 0 Å². The molecule has 1 N–H and O–H groups in total. The molecule has 0 spiro atoms. The Hall–Kier alpha value is -1.26. The van der Waals surface area contributed by atoms with Gasteiger partial charge in [0.05, 0.1) is 6.10 Å². The summed E-state index contributed by atoms with van der Waals surface area (Å²) < 4.78 is 5.70. The van der Waals surface area contributed by atoms with E-state index in [2.05, 4.69) is 47.2 Å². The average molecular weight is 414 g/mol. The fourth-order valence-electron chi connectivity index (χ4n) is 6.12. The number of benzene rings is 1. The normalized spacial score (nSPS) is 25.5. The van der Waals surface area contributed by atoms with Crippen LogP contribution < -0.4 is 15.1 Å². The molecular weight excluding hydrogens is 370 g/mol. The molecule has 1 aliphatic carbocycles. The van der Waals surface area contributed by atoms with Crippen molar-refractivity contribution in [1.82, 2.24) is 5.32 Å². The van der Waals surface area contributed by atoms with Gasteiger partial charge in [-0.15, -0.1) is 0 Å². The molecule has 0 bridgehead atoms. The highest BCUT2D eigenvalue weighted by molar-refractivity contribution is 5.63. The highest BCUT2D eigenvalue weighted by Gasteiger charge is 2.34. The molecule has 3 aliphatic rings. The van der Waals surface area contributed by atoms with Crippen LogP contribution in [0.5, 0.6) is 0 Å². The summed E-state index contributed by atoms with van der Waals surface area (Å²) in [5.41, 5.74) is 5.14. The van der Waals surface area contributed by atoms with E-state index in [1.807, 2.05) is 7.11 Å². The van der Waals surface area contributed by atoms with Gasteiger partial charge in [0.15, 0.2) is 0 Å². The predicted octanol–water partition coefficient (Wildman–Crippen LogP) is 5.18. The lowest BCUT2D eigenvalue weighted by Crippen LogP contribution is -2.44. The summed E-state index contributed by atoms with van der Waals surface area (Å²) in [4.78, 5) is 5.19.